The standard InChI is InChI=1S/C18H18N2O7/c1-12(21)16(19-18(23)26-11-13-7-3-2-4-8-13)17(22)27-15-10-6-5-9-14(15)20(24)25/h2-10,12,16,21H,11H2,1H3,(H,19,23)/t12-,16+/m1/s1. The quantitative estimate of drug-likeness (QED) is 0.329. The van der Waals surface area contributed by atoms with Crippen molar-refractivity contribution in [3.05, 3.63) is 70.3 Å². The van der Waals surface area contributed by atoms with Crippen molar-refractivity contribution in [1.29, 1.82) is 0 Å². The fraction of sp³-hybridized carbons (Fsp3) is 0.222. The van der Waals surface area contributed by atoms with Gasteiger partial charge in [-0.3, -0.25) is 10.1 Å². The first kappa shape index (κ1) is 19.9. The highest BCUT2D eigenvalue weighted by atomic mass is 16.6. The molecule has 0 saturated heterocycles. The molecule has 2 atom stereocenters. The number of amides is 1. The molecule has 142 valence electrons. The van der Waals surface area contributed by atoms with Crippen LogP contribution in [0.25, 0.3) is 0 Å². The Bertz CT molecular complexity index is 808. The van der Waals surface area contributed by atoms with Crippen LogP contribution in [-0.4, -0.2) is 34.2 Å². The Kier molecular flexibility index (Phi) is 6.84. The van der Waals surface area contributed by atoms with E-state index in [1.54, 1.807) is 24.3 Å². The van der Waals surface area contributed by atoms with Gasteiger partial charge in [0, 0.05) is 6.07 Å². The van der Waals surface area contributed by atoms with E-state index in [4.69, 9.17) is 9.47 Å². The number of nitrogens with zero attached hydrogens (tertiary/aromatic N) is 1. The molecule has 2 rings (SSSR count). The second-order valence-corrected chi connectivity index (χ2v) is 5.57. The van der Waals surface area contributed by atoms with Crippen LogP contribution >= 0.6 is 0 Å². The molecule has 0 aliphatic heterocycles. The summed E-state index contributed by atoms with van der Waals surface area (Å²) in [5.41, 5.74) is 0.325. The maximum Gasteiger partial charge on any atom is 0.408 e. The van der Waals surface area contributed by atoms with Crippen LogP contribution in [0.3, 0.4) is 0 Å². The van der Waals surface area contributed by atoms with E-state index in [0.29, 0.717) is 0 Å². The van der Waals surface area contributed by atoms with Gasteiger partial charge in [0.05, 0.1) is 11.0 Å². The number of nitro groups is 1. The van der Waals surface area contributed by atoms with Gasteiger partial charge in [0.25, 0.3) is 0 Å². The van der Waals surface area contributed by atoms with E-state index in [1.165, 1.54) is 31.2 Å². The molecule has 0 aliphatic carbocycles. The highest BCUT2D eigenvalue weighted by molar-refractivity contribution is 5.84. The number of alkyl carbamates (subject to hydrolysis) is 1. The minimum absolute atomic E-state index is 0.0294. The summed E-state index contributed by atoms with van der Waals surface area (Å²) >= 11 is 0. The van der Waals surface area contributed by atoms with Crippen LogP contribution in [0.5, 0.6) is 5.75 Å². The normalized spacial score (nSPS) is 12.5. The number of ether oxygens (including phenoxy) is 2. The number of benzene rings is 2. The lowest BCUT2D eigenvalue weighted by molar-refractivity contribution is -0.385. The summed E-state index contributed by atoms with van der Waals surface area (Å²) in [6.45, 7) is 1.24. The molecular formula is C18H18N2O7. The summed E-state index contributed by atoms with van der Waals surface area (Å²) < 4.78 is 9.98. The van der Waals surface area contributed by atoms with Gasteiger partial charge >= 0.3 is 17.7 Å². The minimum atomic E-state index is -1.46. The molecule has 0 bridgehead atoms. The largest absolute Gasteiger partial charge is 0.445 e. The second kappa shape index (κ2) is 9.30. The predicted molar refractivity (Wildman–Crippen MR) is 94.0 cm³/mol. The van der Waals surface area contributed by atoms with Gasteiger partial charge in [-0.1, -0.05) is 42.5 Å². The Morgan fingerprint density at radius 3 is 2.41 bits per heavy atom. The van der Waals surface area contributed by atoms with Gasteiger partial charge in [-0.05, 0) is 18.6 Å². The van der Waals surface area contributed by atoms with Crippen molar-refractivity contribution in [2.75, 3.05) is 0 Å². The summed E-state index contributed by atoms with van der Waals surface area (Å²) in [6, 6.07) is 12.7. The van der Waals surface area contributed by atoms with E-state index in [2.05, 4.69) is 5.32 Å². The fourth-order valence-electron chi connectivity index (χ4n) is 2.13. The van der Waals surface area contributed by atoms with Gasteiger partial charge < -0.3 is 19.9 Å². The molecule has 0 saturated carbocycles. The van der Waals surface area contributed by atoms with Gasteiger partial charge in [0.2, 0.25) is 5.75 Å². The molecule has 0 radical (unpaired) electrons. The highest BCUT2D eigenvalue weighted by Crippen LogP contribution is 2.26. The van der Waals surface area contributed by atoms with Gasteiger partial charge in [0.1, 0.15) is 6.61 Å². The lowest BCUT2D eigenvalue weighted by atomic mass is 10.2. The summed E-state index contributed by atoms with van der Waals surface area (Å²) in [4.78, 5) is 34.4. The van der Waals surface area contributed by atoms with E-state index < -0.39 is 34.8 Å². The monoisotopic (exact) mass is 374 g/mol. The molecule has 0 aromatic heterocycles. The molecular weight excluding hydrogens is 356 g/mol. The average molecular weight is 374 g/mol. The van der Waals surface area contributed by atoms with Crippen molar-refractivity contribution < 1.29 is 29.1 Å². The molecule has 9 nitrogen and oxygen atoms in total. The number of rotatable bonds is 7. The number of carbonyl (C=O) groups excluding carboxylic acids is 2. The molecule has 2 aromatic rings. The number of nitrogens with one attached hydrogen (secondary N) is 1. The van der Waals surface area contributed by atoms with Gasteiger partial charge in [-0.2, -0.15) is 0 Å². The molecule has 0 heterocycles. The number of aliphatic hydroxyl groups is 1. The van der Waals surface area contributed by atoms with Crippen LogP contribution in [0, 0.1) is 10.1 Å². The van der Waals surface area contributed by atoms with Crippen LogP contribution in [0.1, 0.15) is 12.5 Å². The van der Waals surface area contributed by atoms with E-state index in [0.717, 1.165) is 5.56 Å². The highest BCUT2D eigenvalue weighted by Gasteiger charge is 2.30. The minimum Gasteiger partial charge on any atom is -0.445 e. The first-order chi connectivity index (χ1) is 12.9. The number of hydrogen-bond donors (Lipinski definition) is 2. The number of aliphatic hydroxyl groups excluding tert-OH is 1. The van der Waals surface area contributed by atoms with Crippen LogP contribution < -0.4 is 10.1 Å². The zero-order valence-corrected chi connectivity index (χ0v) is 14.4. The zero-order chi connectivity index (χ0) is 19.8. The van der Waals surface area contributed by atoms with E-state index in [9.17, 15) is 24.8 Å². The summed E-state index contributed by atoms with van der Waals surface area (Å²) in [7, 11) is 0. The molecule has 0 unspecified atom stereocenters. The number of hydrogen-bond acceptors (Lipinski definition) is 7. The fourth-order valence-corrected chi connectivity index (χ4v) is 2.13. The van der Waals surface area contributed by atoms with Crippen LogP contribution in [0.4, 0.5) is 10.5 Å². The smallest absolute Gasteiger partial charge is 0.408 e. The van der Waals surface area contributed by atoms with E-state index in [-0.39, 0.29) is 12.4 Å². The van der Waals surface area contributed by atoms with E-state index in [1.807, 2.05) is 6.07 Å². The number of carbonyl (C=O) groups is 2. The van der Waals surface area contributed by atoms with Crippen molar-refractivity contribution in [3.8, 4) is 5.75 Å². The number of esters is 1. The molecule has 1 amide bonds. The van der Waals surface area contributed by atoms with Crippen molar-refractivity contribution >= 4 is 17.7 Å². The SMILES string of the molecule is C[C@@H](O)[C@H](NC(=O)OCc1ccccc1)C(=O)Oc1ccccc1[N+](=O)[O-]. The van der Waals surface area contributed by atoms with Crippen molar-refractivity contribution in [2.45, 2.75) is 25.7 Å². The summed E-state index contributed by atoms with van der Waals surface area (Å²) in [5.74, 6) is -1.35. The van der Waals surface area contributed by atoms with Gasteiger partial charge in [-0.25, -0.2) is 9.59 Å². The third kappa shape index (κ3) is 5.79. The topological polar surface area (TPSA) is 128 Å². The average Bonchev–Trinajstić information content (AvgIpc) is 2.65. The Balaban J connectivity index is 2.00. The third-order valence-corrected chi connectivity index (χ3v) is 3.49. The Hall–Kier alpha value is -3.46. The Morgan fingerprint density at radius 2 is 1.78 bits per heavy atom. The molecule has 2 N–H and O–H groups in total. The number of nitro benzene ring substituents is 1. The Labute approximate surface area is 154 Å². The maximum absolute atomic E-state index is 12.3. The maximum atomic E-state index is 12.3. The van der Waals surface area contributed by atoms with Gasteiger partial charge in [0.15, 0.2) is 6.04 Å². The lowest BCUT2D eigenvalue weighted by Gasteiger charge is -2.19. The molecule has 27 heavy (non-hydrogen) atoms. The molecule has 0 fully saturated rings. The van der Waals surface area contributed by atoms with Crippen LogP contribution in [0.15, 0.2) is 54.6 Å². The van der Waals surface area contributed by atoms with E-state index >= 15 is 0 Å². The summed E-state index contributed by atoms with van der Waals surface area (Å²) in [5, 5.41) is 22.9. The van der Waals surface area contributed by atoms with Crippen molar-refractivity contribution in [2.24, 2.45) is 0 Å². The summed E-state index contributed by atoms with van der Waals surface area (Å²) in [6.07, 6.45) is -2.26. The van der Waals surface area contributed by atoms with Crippen molar-refractivity contribution in [1.82, 2.24) is 5.32 Å². The first-order valence-electron chi connectivity index (χ1n) is 7.99. The first-order valence-corrected chi connectivity index (χ1v) is 7.99. The Morgan fingerprint density at radius 1 is 1.15 bits per heavy atom. The third-order valence-electron chi connectivity index (χ3n) is 3.49. The molecule has 2 aromatic carbocycles. The lowest BCUT2D eigenvalue weighted by Crippen LogP contribution is -2.49. The second-order valence-electron chi connectivity index (χ2n) is 5.57. The molecule has 0 aliphatic rings. The number of para-hydroxylation sites is 2. The van der Waals surface area contributed by atoms with Crippen molar-refractivity contribution in [3.63, 3.8) is 0 Å². The van der Waals surface area contributed by atoms with Gasteiger partial charge in [-0.15, -0.1) is 0 Å². The predicted octanol–water partition coefficient (Wildman–Crippen LogP) is 2.18. The van der Waals surface area contributed by atoms with Crippen LogP contribution in [-0.2, 0) is 16.1 Å². The zero-order valence-electron chi connectivity index (χ0n) is 14.4. The molecule has 9 heteroatoms. The van der Waals surface area contributed by atoms with Crippen LogP contribution in [0.2, 0.25) is 0 Å². The molecule has 0 spiro atoms.